The molecular formula is C23H37N3O2. The Labute approximate surface area is 170 Å². The lowest BCUT2D eigenvalue weighted by atomic mass is 10.0. The Bertz CT molecular complexity index is 614. The van der Waals surface area contributed by atoms with Gasteiger partial charge in [-0.05, 0) is 59.4 Å². The van der Waals surface area contributed by atoms with Gasteiger partial charge in [-0.25, -0.2) is 0 Å². The molecule has 1 aliphatic rings. The van der Waals surface area contributed by atoms with Gasteiger partial charge in [0.25, 0.3) is 0 Å². The largest absolute Gasteiger partial charge is 0.353 e. The van der Waals surface area contributed by atoms with Gasteiger partial charge < -0.3 is 10.2 Å². The SMILES string of the molecule is CC(C(=O)N(C(C)C)C(C)C)N1CCC(NC(=O)CCc2ccccc2)CC1. The normalized spacial score (nSPS) is 17.0. The number of rotatable bonds is 8. The number of likely N-dealkylation sites (tertiary alicyclic amines) is 1. The Hall–Kier alpha value is -1.88. The first-order valence-electron chi connectivity index (χ1n) is 10.7. The molecular weight excluding hydrogens is 350 g/mol. The second kappa shape index (κ2) is 10.6. The molecule has 5 heteroatoms. The second-order valence-corrected chi connectivity index (χ2v) is 8.47. The first-order chi connectivity index (χ1) is 13.3. The zero-order valence-electron chi connectivity index (χ0n) is 18.1. The molecule has 1 saturated heterocycles. The van der Waals surface area contributed by atoms with Crippen LogP contribution in [-0.2, 0) is 16.0 Å². The molecule has 0 bridgehead atoms. The van der Waals surface area contributed by atoms with E-state index in [4.69, 9.17) is 0 Å². The van der Waals surface area contributed by atoms with Crippen LogP contribution in [0.3, 0.4) is 0 Å². The number of nitrogens with one attached hydrogen (secondary N) is 1. The third-order valence-electron chi connectivity index (χ3n) is 5.65. The lowest BCUT2D eigenvalue weighted by molar-refractivity contribution is -0.140. The summed E-state index contributed by atoms with van der Waals surface area (Å²) < 4.78 is 0. The van der Waals surface area contributed by atoms with Gasteiger partial charge in [-0.3, -0.25) is 14.5 Å². The molecule has 0 aromatic heterocycles. The fourth-order valence-corrected chi connectivity index (χ4v) is 4.11. The van der Waals surface area contributed by atoms with Gasteiger partial charge in [0.05, 0.1) is 6.04 Å². The summed E-state index contributed by atoms with van der Waals surface area (Å²) in [6.07, 6.45) is 3.10. The van der Waals surface area contributed by atoms with Crippen LogP contribution >= 0.6 is 0 Å². The standard InChI is InChI=1S/C23H37N3O2/c1-17(2)26(18(3)4)23(28)19(5)25-15-13-21(14-16-25)24-22(27)12-11-20-9-7-6-8-10-20/h6-10,17-19,21H,11-16H2,1-5H3,(H,24,27). The maximum absolute atomic E-state index is 12.9. The molecule has 0 aliphatic carbocycles. The van der Waals surface area contributed by atoms with E-state index in [0.29, 0.717) is 6.42 Å². The highest BCUT2D eigenvalue weighted by atomic mass is 16.2. The van der Waals surface area contributed by atoms with E-state index in [1.807, 2.05) is 30.0 Å². The summed E-state index contributed by atoms with van der Waals surface area (Å²) in [5.74, 6) is 0.326. The molecule has 0 saturated carbocycles. The van der Waals surface area contributed by atoms with E-state index in [2.05, 4.69) is 50.0 Å². The van der Waals surface area contributed by atoms with E-state index < -0.39 is 0 Å². The molecule has 1 unspecified atom stereocenters. The van der Waals surface area contributed by atoms with Gasteiger partial charge in [-0.2, -0.15) is 0 Å². The molecule has 5 nitrogen and oxygen atoms in total. The molecule has 1 heterocycles. The van der Waals surface area contributed by atoms with Crippen molar-refractivity contribution in [3.8, 4) is 0 Å². The molecule has 1 fully saturated rings. The van der Waals surface area contributed by atoms with Gasteiger partial charge in [0.2, 0.25) is 11.8 Å². The van der Waals surface area contributed by atoms with Crippen LogP contribution in [0, 0.1) is 0 Å². The van der Waals surface area contributed by atoms with Crippen molar-refractivity contribution in [1.29, 1.82) is 0 Å². The Morgan fingerprint density at radius 3 is 2.14 bits per heavy atom. The zero-order chi connectivity index (χ0) is 20.7. The smallest absolute Gasteiger partial charge is 0.240 e. The van der Waals surface area contributed by atoms with Crippen molar-refractivity contribution >= 4 is 11.8 Å². The van der Waals surface area contributed by atoms with Crippen LogP contribution in [0.1, 0.15) is 59.4 Å². The lowest BCUT2D eigenvalue weighted by Gasteiger charge is -2.40. The lowest BCUT2D eigenvalue weighted by Crippen LogP contribution is -2.55. The van der Waals surface area contributed by atoms with Gasteiger partial charge in [0.15, 0.2) is 0 Å². The topological polar surface area (TPSA) is 52.7 Å². The van der Waals surface area contributed by atoms with Crippen LogP contribution in [0.15, 0.2) is 30.3 Å². The van der Waals surface area contributed by atoms with Crippen molar-refractivity contribution in [3.63, 3.8) is 0 Å². The highest BCUT2D eigenvalue weighted by Crippen LogP contribution is 2.17. The maximum Gasteiger partial charge on any atom is 0.240 e. The van der Waals surface area contributed by atoms with Crippen molar-refractivity contribution in [2.24, 2.45) is 0 Å². The van der Waals surface area contributed by atoms with Gasteiger partial charge in [0.1, 0.15) is 0 Å². The fourth-order valence-electron chi connectivity index (χ4n) is 4.11. The Balaban J connectivity index is 1.77. The number of carbonyl (C=O) groups is 2. The Morgan fingerprint density at radius 1 is 1.04 bits per heavy atom. The number of amides is 2. The average Bonchev–Trinajstić information content (AvgIpc) is 2.66. The molecule has 0 radical (unpaired) electrons. The third kappa shape index (κ3) is 6.33. The predicted octanol–water partition coefficient (Wildman–Crippen LogP) is 3.23. The Morgan fingerprint density at radius 2 is 1.61 bits per heavy atom. The summed E-state index contributed by atoms with van der Waals surface area (Å²) in [6, 6.07) is 10.6. The number of aryl methyl sites for hydroxylation is 1. The van der Waals surface area contributed by atoms with Crippen molar-refractivity contribution in [2.75, 3.05) is 13.1 Å². The summed E-state index contributed by atoms with van der Waals surface area (Å²) in [5, 5.41) is 3.18. The highest BCUT2D eigenvalue weighted by molar-refractivity contribution is 5.82. The molecule has 1 aliphatic heterocycles. The van der Waals surface area contributed by atoms with Crippen molar-refractivity contribution in [1.82, 2.24) is 15.1 Å². The highest BCUT2D eigenvalue weighted by Gasteiger charge is 2.31. The van der Waals surface area contributed by atoms with Gasteiger partial charge >= 0.3 is 0 Å². The first kappa shape index (κ1) is 22.4. The Kier molecular flexibility index (Phi) is 8.49. The van der Waals surface area contributed by atoms with Gasteiger partial charge in [-0.15, -0.1) is 0 Å². The molecule has 1 aromatic rings. The molecule has 28 heavy (non-hydrogen) atoms. The summed E-state index contributed by atoms with van der Waals surface area (Å²) >= 11 is 0. The minimum atomic E-state index is -0.112. The average molecular weight is 388 g/mol. The minimum Gasteiger partial charge on any atom is -0.353 e. The number of hydrogen-bond donors (Lipinski definition) is 1. The number of nitrogens with zero attached hydrogens (tertiary/aromatic N) is 2. The minimum absolute atomic E-state index is 0.112. The number of hydrogen-bond acceptors (Lipinski definition) is 3. The molecule has 156 valence electrons. The number of benzene rings is 1. The van der Waals surface area contributed by atoms with Crippen molar-refractivity contribution in [2.45, 2.75) is 84.5 Å². The van der Waals surface area contributed by atoms with Crippen LogP contribution < -0.4 is 5.32 Å². The van der Waals surface area contributed by atoms with E-state index in [1.165, 1.54) is 5.56 Å². The van der Waals surface area contributed by atoms with Crippen LogP contribution in [-0.4, -0.2) is 58.9 Å². The molecule has 1 N–H and O–H groups in total. The predicted molar refractivity (Wildman–Crippen MR) is 114 cm³/mol. The van der Waals surface area contributed by atoms with Crippen molar-refractivity contribution < 1.29 is 9.59 Å². The zero-order valence-corrected chi connectivity index (χ0v) is 18.1. The molecule has 2 rings (SSSR count). The molecule has 2 amide bonds. The summed E-state index contributed by atoms with van der Waals surface area (Å²) in [4.78, 5) is 29.4. The van der Waals surface area contributed by atoms with E-state index in [9.17, 15) is 9.59 Å². The van der Waals surface area contributed by atoms with E-state index >= 15 is 0 Å². The first-order valence-corrected chi connectivity index (χ1v) is 10.7. The van der Waals surface area contributed by atoms with Gasteiger partial charge in [0, 0.05) is 37.6 Å². The van der Waals surface area contributed by atoms with Crippen LogP contribution in [0.2, 0.25) is 0 Å². The summed E-state index contributed by atoms with van der Waals surface area (Å²) in [7, 11) is 0. The summed E-state index contributed by atoms with van der Waals surface area (Å²) in [6.45, 7) is 12.0. The fraction of sp³-hybridized carbons (Fsp3) is 0.652. The maximum atomic E-state index is 12.9. The van der Waals surface area contributed by atoms with Crippen LogP contribution in [0.5, 0.6) is 0 Å². The second-order valence-electron chi connectivity index (χ2n) is 8.47. The van der Waals surface area contributed by atoms with E-state index in [1.54, 1.807) is 0 Å². The number of piperidine rings is 1. The number of carbonyl (C=O) groups excluding carboxylic acids is 2. The monoisotopic (exact) mass is 387 g/mol. The molecule has 1 aromatic carbocycles. The van der Waals surface area contributed by atoms with E-state index in [-0.39, 0.29) is 36.0 Å². The van der Waals surface area contributed by atoms with Crippen molar-refractivity contribution in [3.05, 3.63) is 35.9 Å². The van der Waals surface area contributed by atoms with Crippen LogP contribution in [0.25, 0.3) is 0 Å². The summed E-state index contributed by atoms with van der Waals surface area (Å²) in [5.41, 5.74) is 1.19. The molecule has 1 atom stereocenters. The third-order valence-corrected chi connectivity index (χ3v) is 5.65. The molecule has 0 spiro atoms. The quantitative estimate of drug-likeness (QED) is 0.745. The van der Waals surface area contributed by atoms with E-state index in [0.717, 1.165) is 32.4 Å². The van der Waals surface area contributed by atoms with Crippen LogP contribution in [0.4, 0.5) is 0 Å². The van der Waals surface area contributed by atoms with Gasteiger partial charge in [-0.1, -0.05) is 30.3 Å².